The molecule has 0 fully saturated rings. The number of aromatic amines is 1. The summed E-state index contributed by atoms with van der Waals surface area (Å²) in [6, 6.07) is 7.10. The number of nitrogens with one attached hydrogen (secondary N) is 1. The van der Waals surface area contributed by atoms with Gasteiger partial charge in [0.05, 0.1) is 6.04 Å². The quantitative estimate of drug-likeness (QED) is 0.908. The molecule has 0 aliphatic heterocycles. The fourth-order valence-corrected chi connectivity index (χ4v) is 2.03. The van der Waals surface area contributed by atoms with Gasteiger partial charge >= 0.3 is 0 Å². The molecule has 0 saturated heterocycles. The summed E-state index contributed by atoms with van der Waals surface area (Å²) in [5.41, 5.74) is 6.56. The van der Waals surface area contributed by atoms with Gasteiger partial charge in [-0.3, -0.25) is 4.79 Å². The van der Waals surface area contributed by atoms with Crippen LogP contribution in [0, 0.1) is 0 Å². The summed E-state index contributed by atoms with van der Waals surface area (Å²) in [6.07, 6.45) is 0.645. The molecule has 1 atom stereocenters. The molecular formula is C12H13BrN4O. The van der Waals surface area contributed by atoms with Gasteiger partial charge in [0.2, 0.25) is 0 Å². The zero-order valence-electron chi connectivity index (χ0n) is 9.85. The summed E-state index contributed by atoms with van der Waals surface area (Å²) in [7, 11) is 0. The van der Waals surface area contributed by atoms with Crippen LogP contribution >= 0.6 is 15.9 Å². The van der Waals surface area contributed by atoms with Crippen LogP contribution in [0.3, 0.4) is 0 Å². The zero-order chi connectivity index (χ0) is 13.1. The molecule has 0 aliphatic carbocycles. The second-order valence-corrected chi connectivity index (χ2v) is 4.74. The highest BCUT2D eigenvalue weighted by atomic mass is 79.9. The maximum atomic E-state index is 11.9. The fourth-order valence-electron chi connectivity index (χ4n) is 1.56. The summed E-state index contributed by atoms with van der Waals surface area (Å²) in [4.78, 5) is 14.6. The lowest BCUT2D eigenvalue weighted by molar-refractivity contribution is 0.645. The molecule has 2 aromatic rings. The number of hydrogen-bond donors (Lipinski definition) is 2. The van der Waals surface area contributed by atoms with Gasteiger partial charge in [-0.2, -0.15) is 0 Å². The first-order valence-corrected chi connectivity index (χ1v) is 6.40. The number of rotatable bonds is 3. The van der Waals surface area contributed by atoms with Crippen LogP contribution in [0.1, 0.15) is 25.1 Å². The van der Waals surface area contributed by atoms with Crippen LogP contribution in [-0.2, 0) is 0 Å². The molecule has 2 rings (SSSR count). The van der Waals surface area contributed by atoms with E-state index < -0.39 is 0 Å². The third kappa shape index (κ3) is 2.49. The Morgan fingerprint density at radius 1 is 1.39 bits per heavy atom. The first-order valence-electron chi connectivity index (χ1n) is 5.61. The fraction of sp³-hybridized carbons (Fsp3) is 0.250. The second-order valence-electron chi connectivity index (χ2n) is 3.88. The number of benzene rings is 1. The Hall–Kier alpha value is -1.53. The first kappa shape index (κ1) is 12.9. The highest BCUT2D eigenvalue weighted by Crippen LogP contribution is 2.23. The van der Waals surface area contributed by atoms with Crippen LogP contribution in [0.15, 0.2) is 33.5 Å². The van der Waals surface area contributed by atoms with Gasteiger partial charge < -0.3 is 10.7 Å². The van der Waals surface area contributed by atoms with E-state index in [-0.39, 0.29) is 17.3 Å². The molecule has 1 aromatic carbocycles. The Kier molecular flexibility index (Phi) is 3.88. The standard InChI is InChI=1S/C12H13BrN4O/c1-2-9(14)10-12(18)15-11(17-16-10)7-5-3-4-6-8(7)13/h3-6,9H,2,14H2,1H3,(H,15,17,18). The van der Waals surface area contributed by atoms with E-state index in [4.69, 9.17) is 5.73 Å². The maximum absolute atomic E-state index is 11.9. The molecule has 0 amide bonds. The van der Waals surface area contributed by atoms with Crippen LogP contribution in [0.5, 0.6) is 0 Å². The van der Waals surface area contributed by atoms with Gasteiger partial charge in [0, 0.05) is 10.0 Å². The first-order chi connectivity index (χ1) is 8.63. The van der Waals surface area contributed by atoms with Crippen molar-refractivity contribution in [3.05, 3.63) is 44.8 Å². The molecule has 0 bridgehead atoms. The minimum absolute atomic E-state index is 0.272. The van der Waals surface area contributed by atoms with Crippen LogP contribution in [0.2, 0.25) is 0 Å². The van der Waals surface area contributed by atoms with Crippen molar-refractivity contribution in [1.82, 2.24) is 15.2 Å². The van der Waals surface area contributed by atoms with Crippen LogP contribution in [0.4, 0.5) is 0 Å². The van der Waals surface area contributed by atoms with Crippen molar-refractivity contribution < 1.29 is 0 Å². The Balaban J connectivity index is 2.47. The summed E-state index contributed by atoms with van der Waals surface area (Å²) < 4.78 is 0.850. The summed E-state index contributed by atoms with van der Waals surface area (Å²) >= 11 is 3.40. The monoisotopic (exact) mass is 308 g/mol. The Morgan fingerprint density at radius 2 is 2.11 bits per heavy atom. The SMILES string of the molecule is CCC(N)c1nnc(-c2ccccc2Br)[nH]c1=O. The van der Waals surface area contributed by atoms with Gasteiger partial charge in [0.15, 0.2) is 5.82 Å². The van der Waals surface area contributed by atoms with Gasteiger partial charge in [-0.05, 0) is 12.5 Å². The molecular weight excluding hydrogens is 296 g/mol. The molecule has 0 aliphatic rings. The van der Waals surface area contributed by atoms with Crippen molar-refractivity contribution in [3.8, 4) is 11.4 Å². The average Bonchev–Trinajstić information content (AvgIpc) is 2.38. The van der Waals surface area contributed by atoms with Crippen LogP contribution in [-0.4, -0.2) is 15.2 Å². The lowest BCUT2D eigenvalue weighted by Crippen LogP contribution is -2.25. The van der Waals surface area contributed by atoms with Crippen LogP contribution in [0.25, 0.3) is 11.4 Å². The molecule has 18 heavy (non-hydrogen) atoms. The summed E-state index contributed by atoms with van der Waals surface area (Å²) in [5.74, 6) is 0.430. The van der Waals surface area contributed by atoms with Crippen molar-refractivity contribution in [1.29, 1.82) is 0 Å². The number of nitrogens with two attached hydrogens (primary N) is 1. The lowest BCUT2D eigenvalue weighted by atomic mass is 10.2. The summed E-state index contributed by atoms with van der Waals surface area (Å²) in [6.45, 7) is 1.90. The van der Waals surface area contributed by atoms with E-state index in [1.165, 1.54) is 0 Å². The normalized spacial score (nSPS) is 12.4. The van der Waals surface area contributed by atoms with Crippen LogP contribution < -0.4 is 11.3 Å². The van der Waals surface area contributed by atoms with E-state index in [9.17, 15) is 4.79 Å². The highest BCUT2D eigenvalue weighted by Gasteiger charge is 2.13. The van der Waals surface area contributed by atoms with Crippen molar-refractivity contribution in [2.24, 2.45) is 5.73 Å². The van der Waals surface area contributed by atoms with Gasteiger partial charge in [-0.1, -0.05) is 41.1 Å². The molecule has 6 heteroatoms. The largest absolute Gasteiger partial charge is 0.322 e. The zero-order valence-corrected chi connectivity index (χ0v) is 11.4. The average molecular weight is 309 g/mol. The van der Waals surface area contributed by atoms with Crippen molar-refractivity contribution >= 4 is 15.9 Å². The summed E-state index contributed by atoms with van der Waals surface area (Å²) in [5, 5.41) is 7.95. The highest BCUT2D eigenvalue weighted by molar-refractivity contribution is 9.10. The predicted molar refractivity (Wildman–Crippen MR) is 73.0 cm³/mol. The Bertz CT molecular complexity index is 611. The van der Waals surface area contributed by atoms with Gasteiger partial charge in [-0.25, -0.2) is 0 Å². The molecule has 0 radical (unpaired) electrons. The van der Waals surface area contributed by atoms with Gasteiger partial charge in [0.25, 0.3) is 5.56 Å². The van der Waals surface area contributed by atoms with Crippen molar-refractivity contribution in [3.63, 3.8) is 0 Å². The Labute approximate surface area is 113 Å². The third-order valence-corrected chi connectivity index (χ3v) is 3.33. The predicted octanol–water partition coefficient (Wildman–Crippen LogP) is 2.00. The number of aromatic nitrogens is 3. The number of nitrogens with zero attached hydrogens (tertiary/aromatic N) is 2. The van der Waals surface area contributed by atoms with E-state index >= 15 is 0 Å². The molecule has 1 heterocycles. The molecule has 94 valence electrons. The lowest BCUT2D eigenvalue weighted by Gasteiger charge is -2.07. The Morgan fingerprint density at radius 3 is 2.72 bits per heavy atom. The third-order valence-electron chi connectivity index (χ3n) is 2.64. The number of halogens is 1. The van der Waals surface area contributed by atoms with Crippen molar-refractivity contribution in [2.45, 2.75) is 19.4 Å². The number of H-pyrrole nitrogens is 1. The smallest absolute Gasteiger partial charge is 0.274 e. The van der Waals surface area contributed by atoms with Gasteiger partial charge in [-0.15, -0.1) is 10.2 Å². The van der Waals surface area contributed by atoms with E-state index in [0.29, 0.717) is 12.2 Å². The van der Waals surface area contributed by atoms with E-state index in [0.717, 1.165) is 10.0 Å². The number of hydrogen-bond acceptors (Lipinski definition) is 4. The van der Waals surface area contributed by atoms with E-state index in [1.54, 1.807) is 0 Å². The minimum atomic E-state index is -0.380. The van der Waals surface area contributed by atoms with E-state index in [1.807, 2.05) is 31.2 Å². The van der Waals surface area contributed by atoms with Crippen molar-refractivity contribution in [2.75, 3.05) is 0 Å². The topological polar surface area (TPSA) is 84.7 Å². The molecule has 5 nitrogen and oxygen atoms in total. The molecule has 1 aromatic heterocycles. The van der Waals surface area contributed by atoms with E-state index in [2.05, 4.69) is 31.1 Å². The van der Waals surface area contributed by atoms with Gasteiger partial charge in [0.1, 0.15) is 5.69 Å². The molecule has 3 N–H and O–H groups in total. The second kappa shape index (κ2) is 5.41. The molecule has 0 saturated carbocycles. The maximum Gasteiger partial charge on any atom is 0.274 e. The minimum Gasteiger partial charge on any atom is -0.322 e. The molecule has 0 spiro atoms. The molecule has 1 unspecified atom stereocenters.